The molecule has 0 aromatic rings. The first kappa shape index (κ1) is 81.0. The van der Waals surface area contributed by atoms with E-state index in [-0.39, 0.29) is 101 Å². The number of unbranched alkanes of at least 4 members (excludes halogenated alkanes) is 2. The number of hydrogen-bond acceptors (Lipinski definition) is 20. The molecule has 11 amide bonds. The zero-order valence-corrected chi connectivity index (χ0v) is 52.7. The van der Waals surface area contributed by atoms with Crippen molar-refractivity contribution in [1.82, 2.24) is 53.2 Å². The van der Waals surface area contributed by atoms with Crippen LogP contribution in [0.5, 0.6) is 0 Å². The third-order valence-electron chi connectivity index (χ3n) is 13.0. The number of aliphatic carboxylic acids is 1. The summed E-state index contributed by atoms with van der Waals surface area (Å²) in [6.45, 7) is 4.58. The van der Waals surface area contributed by atoms with Crippen molar-refractivity contribution >= 4 is 113 Å². The second kappa shape index (κ2) is 45.3. The highest BCUT2D eigenvalue weighted by Gasteiger charge is 2.35. The van der Waals surface area contributed by atoms with Crippen molar-refractivity contribution in [3.8, 4) is 0 Å². The number of carbonyl (C=O) groups is 12. The summed E-state index contributed by atoms with van der Waals surface area (Å²) in [6, 6.07) is -14.9. The molecule has 0 bridgehead atoms. The lowest BCUT2D eigenvalue weighted by atomic mass is 10.1. The lowest BCUT2D eigenvalue weighted by Crippen LogP contribution is -2.60. The van der Waals surface area contributed by atoms with E-state index in [9.17, 15) is 62.6 Å². The molecular weight excluding hydrogens is 1210 g/mol. The average Bonchev–Trinajstić information content (AvgIpc) is 2.33. The quantitative estimate of drug-likeness (QED) is 0.0116. The Labute approximate surface area is 527 Å². The standard InChI is InChI=1S/C51H97N23O13S2/c1-26(65-39(77)27(2)67-42(80)33(17-23-89-4)69-41(79)29(54)12-5-7-18-52)38(76)66-28(3)40(78)68-30(13-6-8-19-53)45(83)74-36(25-88)47(85)71-32(15-10-21-63-50(58)59)44(82)73-35(24-37(55)75)46(84)70-31(14-9-20-62-49(56)57)43(81)72-34(48(86)87)16-11-22-64-51(60)61/h26-36,88H,5-25,52-54H2,1-4H3,(H2,55,75)(H,65,77)(H,66,76)(H,67,80)(H,68,78)(H,69,79)(H,70,84)(H,71,85)(H,72,81)(H,73,82)(H,74,83)(H,86,87)(H4,56,57,62)(H4,58,59,63)(H4,60,61,64)/t26-,27-,28-,29-,30-,31-,32-,33-,34-,35-,36-/m0/s1. The summed E-state index contributed by atoms with van der Waals surface area (Å²) in [7, 11) is 0. The van der Waals surface area contributed by atoms with E-state index in [1.165, 1.54) is 32.5 Å². The van der Waals surface area contributed by atoms with Crippen LogP contribution in [-0.4, -0.2) is 211 Å². The number of amides is 11. The van der Waals surface area contributed by atoms with Gasteiger partial charge in [0.25, 0.3) is 0 Å². The Morgan fingerprint density at radius 3 is 1.10 bits per heavy atom. The molecule has 0 rings (SSSR count). The molecule has 0 saturated carbocycles. The second-order valence-electron chi connectivity index (χ2n) is 20.6. The summed E-state index contributed by atoms with van der Waals surface area (Å²) in [5.74, 6) is -12.0. The molecule has 38 heteroatoms. The summed E-state index contributed by atoms with van der Waals surface area (Å²) in [5.41, 5.74) is 55.2. The highest BCUT2D eigenvalue weighted by molar-refractivity contribution is 7.98. The van der Waals surface area contributed by atoms with E-state index in [1.54, 1.807) is 0 Å². The molecule has 0 aliphatic heterocycles. The van der Waals surface area contributed by atoms with E-state index in [0.29, 0.717) is 44.4 Å². The third kappa shape index (κ3) is 35.6. The number of nitrogens with one attached hydrogen (secondary N) is 10. The minimum atomic E-state index is -1.81. The molecule has 0 heterocycles. The highest BCUT2D eigenvalue weighted by Crippen LogP contribution is 2.10. The van der Waals surface area contributed by atoms with Gasteiger partial charge in [0.05, 0.1) is 12.5 Å². The lowest BCUT2D eigenvalue weighted by molar-refractivity contribution is -0.142. The van der Waals surface area contributed by atoms with Crippen LogP contribution in [0.1, 0.15) is 111 Å². The molecule has 0 aliphatic carbocycles. The first-order valence-corrected chi connectivity index (χ1v) is 30.9. The van der Waals surface area contributed by atoms with Crippen molar-refractivity contribution < 1.29 is 62.6 Å². The van der Waals surface area contributed by atoms with Crippen LogP contribution in [0, 0.1) is 0 Å². The SMILES string of the molecule is CSCC[C@H](NC(=O)[C@@H](N)CCCCN)C(=O)N[C@@H](C)C(=O)N[C@@H](C)C(=O)N[C@@H](C)C(=O)N[C@@H](CCCCN)C(=O)N[C@@H](CS)C(=O)N[C@@H](CCCN=C(N)N)C(=O)N[C@@H](CC(N)=O)C(=O)N[C@@H](CCCN=C(N)N)C(=O)N[C@@H](CCCN=C(N)N)C(=O)O. The van der Waals surface area contributed by atoms with Gasteiger partial charge in [-0.2, -0.15) is 24.4 Å². The van der Waals surface area contributed by atoms with Gasteiger partial charge in [0.15, 0.2) is 17.9 Å². The Bertz CT molecular complexity index is 2420. The van der Waals surface area contributed by atoms with Gasteiger partial charge in [-0.05, 0) is 123 Å². The van der Waals surface area contributed by atoms with Gasteiger partial charge in [0.1, 0.15) is 60.4 Å². The Balaban J connectivity index is 6.43. The number of carboxylic acid groups (broad SMARTS) is 1. The average molecular weight is 1300 g/mol. The fourth-order valence-corrected chi connectivity index (χ4v) is 8.67. The van der Waals surface area contributed by atoms with Crippen LogP contribution in [-0.2, 0) is 57.5 Å². The van der Waals surface area contributed by atoms with Gasteiger partial charge in [-0.15, -0.1) is 0 Å². The largest absolute Gasteiger partial charge is 0.480 e. The molecule has 11 atom stereocenters. The molecule has 36 nitrogen and oxygen atoms in total. The Morgan fingerprint density at radius 2 is 0.708 bits per heavy atom. The zero-order chi connectivity index (χ0) is 67.8. The van der Waals surface area contributed by atoms with E-state index in [4.69, 9.17) is 57.3 Å². The number of carboxylic acids is 1. The monoisotopic (exact) mass is 1300 g/mol. The van der Waals surface area contributed by atoms with E-state index < -0.39 is 144 Å². The number of carbonyl (C=O) groups excluding carboxylic acids is 11. The minimum Gasteiger partial charge on any atom is -0.480 e. The number of thiol groups is 1. The second-order valence-corrected chi connectivity index (χ2v) is 22.0. The molecule has 0 spiro atoms. The van der Waals surface area contributed by atoms with Crippen molar-refractivity contribution in [2.75, 3.05) is 50.5 Å². The first-order chi connectivity index (χ1) is 41.9. The highest BCUT2D eigenvalue weighted by atomic mass is 32.2. The lowest BCUT2D eigenvalue weighted by Gasteiger charge is -2.27. The molecule has 89 heavy (non-hydrogen) atoms. The third-order valence-corrected chi connectivity index (χ3v) is 14.0. The van der Waals surface area contributed by atoms with Crippen LogP contribution in [0.15, 0.2) is 15.0 Å². The number of hydrogen-bond donors (Lipinski definition) is 22. The molecule has 0 aliphatic rings. The Hall–Kier alpha value is -7.97. The van der Waals surface area contributed by atoms with Gasteiger partial charge in [0, 0.05) is 25.4 Å². The van der Waals surface area contributed by atoms with Crippen LogP contribution >= 0.6 is 24.4 Å². The number of rotatable bonds is 47. The molecule has 0 aromatic carbocycles. The summed E-state index contributed by atoms with van der Waals surface area (Å²) >= 11 is 5.68. The molecule has 0 unspecified atom stereocenters. The Kier molecular flexibility index (Phi) is 41.3. The first-order valence-electron chi connectivity index (χ1n) is 28.9. The molecule has 506 valence electrons. The molecule has 0 radical (unpaired) electrons. The molecule has 0 saturated heterocycles. The predicted molar refractivity (Wildman–Crippen MR) is 338 cm³/mol. The van der Waals surface area contributed by atoms with E-state index in [2.05, 4.69) is 80.8 Å². The van der Waals surface area contributed by atoms with Crippen LogP contribution in [0.25, 0.3) is 0 Å². The van der Waals surface area contributed by atoms with Crippen LogP contribution in [0.3, 0.4) is 0 Å². The Morgan fingerprint density at radius 1 is 0.404 bits per heavy atom. The summed E-state index contributed by atoms with van der Waals surface area (Å²) in [6.07, 6.45) is 3.17. The van der Waals surface area contributed by atoms with Gasteiger partial charge in [-0.3, -0.25) is 67.7 Å². The summed E-state index contributed by atoms with van der Waals surface area (Å²) < 4.78 is 0. The van der Waals surface area contributed by atoms with E-state index in [0.717, 1.165) is 0 Å². The molecule has 31 N–H and O–H groups in total. The number of aliphatic imine (C=N–C) groups is 3. The van der Waals surface area contributed by atoms with Gasteiger partial charge in [0.2, 0.25) is 65.0 Å². The van der Waals surface area contributed by atoms with Gasteiger partial charge < -0.3 is 116 Å². The van der Waals surface area contributed by atoms with E-state index >= 15 is 0 Å². The van der Waals surface area contributed by atoms with Gasteiger partial charge in [-0.25, -0.2) is 4.79 Å². The van der Waals surface area contributed by atoms with Gasteiger partial charge >= 0.3 is 5.97 Å². The maximum absolute atomic E-state index is 14.1. The molecule has 0 aromatic heterocycles. The normalized spacial score (nSPS) is 14.6. The number of nitrogens with two attached hydrogens (primary N) is 10. The number of guanidine groups is 3. The fraction of sp³-hybridized carbons (Fsp3) is 0.706. The maximum atomic E-state index is 14.1. The molecular formula is C51H97N23O13S2. The van der Waals surface area contributed by atoms with Crippen molar-refractivity contribution in [3.05, 3.63) is 0 Å². The van der Waals surface area contributed by atoms with Crippen molar-refractivity contribution in [2.24, 2.45) is 72.3 Å². The smallest absolute Gasteiger partial charge is 0.326 e. The summed E-state index contributed by atoms with van der Waals surface area (Å²) in [4.78, 5) is 172. The topological polar surface area (TPSA) is 643 Å². The summed E-state index contributed by atoms with van der Waals surface area (Å²) in [5, 5.41) is 34.6. The van der Waals surface area contributed by atoms with Crippen molar-refractivity contribution in [3.63, 3.8) is 0 Å². The van der Waals surface area contributed by atoms with Crippen LogP contribution in [0.4, 0.5) is 0 Å². The van der Waals surface area contributed by atoms with Crippen molar-refractivity contribution in [1.29, 1.82) is 0 Å². The number of nitrogens with zero attached hydrogens (tertiary/aromatic N) is 3. The fourth-order valence-electron chi connectivity index (χ4n) is 7.94. The van der Waals surface area contributed by atoms with Crippen LogP contribution < -0.4 is 111 Å². The van der Waals surface area contributed by atoms with Gasteiger partial charge in [-0.1, -0.05) is 6.42 Å². The van der Waals surface area contributed by atoms with Crippen LogP contribution in [0.2, 0.25) is 0 Å². The number of primary amides is 1. The molecule has 0 fully saturated rings. The van der Waals surface area contributed by atoms with Crippen molar-refractivity contribution in [2.45, 2.75) is 177 Å². The number of thioether (sulfide) groups is 1. The maximum Gasteiger partial charge on any atom is 0.326 e. The predicted octanol–water partition coefficient (Wildman–Crippen LogP) is -8.72. The zero-order valence-electron chi connectivity index (χ0n) is 51.0. The van der Waals surface area contributed by atoms with E-state index in [1.807, 2.05) is 6.26 Å². The minimum absolute atomic E-state index is 0.0193.